The summed E-state index contributed by atoms with van der Waals surface area (Å²) in [5.74, 6) is 0.0374. The van der Waals surface area contributed by atoms with E-state index in [1.165, 1.54) is 0 Å². The molecule has 2 rings (SSSR count). The van der Waals surface area contributed by atoms with Gasteiger partial charge in [0.05, 0.1) is 0 Å². The van der Waals surface area contributed by atoms with Gasteiger partial charge in [-0.25, -0.2) is 0 Å². The lowest BCUT2D eigenvalue weighted by Crippen LogP contribution is -2.41. The SMILES string of the molecule is CNC1CCC(NC(=O)c2ccc(Br)cc2)CC1. The van der Waals surface area contributed by atoms with Crippen LogP contribution < -0.4 is 10.6 Å². The molecule has 0 heterocycles. The maximum absolute atomic E-state index is 12.0. The molecule has 1 aromatic rings. The van der Waals surface area contributed by atoms with Gasteiger partial charge in [-0.15, -0.1) is 0 Å². The second-order valence-electron chi connectivity index (χ2n) is 4.82. The summed E-state index contributed by atoms with van der Waals surface area (Å²) in [5, 5.41) is 6.41. The van der Waals surface area contributed by atoms with Crippen LogP contribution in [0.3, 0.4) is 0 Å². The number of benzene rings is 1. The van der Waals surface area contributed by atoms with E-state index in [0.717, 1.165) is 35.7 Å². The highest BCUT2D eigenvalue weighted by molar-refractivity contribution is 9.10. The van der Waals surface area contributed by atoms with Gasteiger partial charge in [-0.05, 0) is 57.0 Å². The molecule has 2 N–H and O–H groups in total. The molecule has 3 nitrogen and oxygen atoms in total. The quantitative estimate of drug-likeness (QED) is 0.901. The van der Waals surface area contributed by atoms with Crippen LogP contribution in [0.25, 0.3) is 0 Å². The summed E-state index contributed by atoms with van der Waals surface area (Å²) in [6.45, 7) is 0. The number of hydrogen-bond acceptors (Lipinski definition) is 2. The third kappa shape index (κ3) is 3.56. The summed E-state index contributed by atoms with van der Waals surface area (Å²) in [5.41, 5.74) is 0.730. The molecule has 1 fully saturated rings. The molecular weight excluding hydrogens is 292 g/mol. The fourth-order valence-corrected chi connectivity index (χ4v) is 2.66. The van der Waals surface area contributed by atoms with Crippen LogP contribution in [-0.2, 0) is 0 Å². The van der Waals surface area contributed by atoms with Crippen molar-refractivity contribution in [1.82, 2.24) is 10.6 Å². The Bertz CT molecular complexity index is 397. The minimum Gasteiger partial charge on any atom is -0.349 e. The number of rotatable bonds is 3. The maximum atomic E-state index is 12.0. The van der Waals surface area contributed by atoms with E-state index >= 15 is 0 Å². The number of carbonyl (C=O) groups is 1. The lowest BCUT2D eigenvalue weighted by atomic mass is 9.91. The zero-order valence-corrected chi connectivity index (χ0v) is 12.2. The minimum absolute atomic E-state index is 0.0374. The maximum Gasteiger partial charge on any atom is 0.251 e. The fraction of sp³-hybridized carbons (Fsp3) is 0.500. The van der Waals surface area contributed by atoms with Crippen molar-refractivity contribution in [3.05, 3.63) is 34.3 Å². The summed E-state index contributed by atoms with van der Waals surface area (Å²) in [6.07, 6.45) is 4.41. The van der Waals surface area contributed by atoms with Crippen molar-refractivity contribution in [2.24, 2.45) is 0 Å². The Morgan fingerprint density at radius 1 is 1.11 bits per heavy atom. The van der Waals surface area contributed by atoms with Crippen LogP contribution in [0, 0.1) is 0 Å². The largest absolute Gasteiger partial charge is 0.349 e. The monoisotopic (exact) mass is 310 g/mol. The number of carbonyl (C=O) groups excluding carboxylic acids is 1. The lowest BCUT2D eigenvalue weighted by Gasteiger charge is -2.28. The van der Waals surface area contributed by atoms with E-state index in [-0.39, 0.29) is 5.91 Å². The van der Waals surface area contributed by atoms with E-state index in [9.17, 15) is 4.79 Å². The van der Waals surface area contributed by atoms with Crippen molar-refractivity contribution < 1.29 is 4.79 Å². The zero-order chi connectivity index (χ0) is 13.0. The van der Waals surface area contributed by atoms with E-state index in [0.29, 0.717) is 12.1 Å². The van der Waals surface area contributed by atoms with Crippen molar-refractivity contribution in [2.45, 2.75) is 37.8 Å². The molecule has 0 aliphatic heterocycles. The van der Waals surface area contributed by atoms with Crippen molar-refractivity contribution >= 4 is 21.8 Å². The number of halogens is 1. The second kappa shape index (κ2) is 6.34. The molecule has 0 spiro atoms. The molecule has 1 amide bonds. The first-order valence-corrected chi connectivity index (χ1v) is 7.22. The van der Waals surface area contributed by atoms with Gasteiger partial charge in [-0.3, -0.25) is 4.79 Å². The van der Waals surface area contributed by atoms with E-state index in [4.69, 9.17) is 0 Å². The molecule has 18 heavy (non-hydrogen) atoms. The Balaban J connectivity index is 1.86. The molecule has 0 bridgehead atoms. The van der Waals surface area contributed by atoms with Gasteiger partial charge in [-0.2, -0.15) is 0 Å². The van der Waals surface area contributed by atoms with Crippen LogP contribution >= 0.6 is 15.9 Å². The van der Waals surface area contributed by atoms with Gasteiger partial charge in [0.2, 0.25) is 0 Å². The van der Waals surface area contributed by atoms with Crippen LogP contribution in [0.2, 0.25) is 0 Å². The van der Waals surface area contributed by atoms with Crippen molar-refractivity contribution in [3.8, 4) is 0 Å². The van der Waals surface area contributed by atoms with Gasteiger partial charge in [-0.1, -0.05) is 15.9 Å². The standard InChI is InChI=1S/C14H19BrN2O/c1-16-12-6-8-13(9-7-12)17-14(18)10-2-4-11(15)5-3-10/h2-5,12-13,16H,6-9H2,1H3,(H,17,18). The van der Waals surface area contributed by atoms with Crippen LogP contribution in [0.4, 0.5) is 0 Å². The predicted octanol–water partition coefficient (Wildman–Crippen LogP) is 2.71. The van der Waals surface area contributed by atoms with Gasteiger partial charge in [0.15, 0.2) is 0 Å². The smallest absolute Gasteiger partial charge is 0.251 e. The lowest BCUT2D eigenvalue weighted by molar-refractivity contribution is 0.0924. The molecule has 0 unspecified atom stereocenters. The van der Waals surface area contributed by atoms with Crippen molar-refractivity contribution in [2.75, 3.05) is 7.05 Å². The molecule has 1 saturated carbocycles. The average molecular weight is 311 g/mol. The Hall–Kier alpha value is -0.870. The average Bonchev–Trinajstić information content (AvgIpc) is 2.40. The number of hydrogen-bond donors (Lipinski definition) is 2. The number of nitrogens with one attached hydrogen (secondary N) is 2. The fourth-order valence-electron chi connectivity index (χ4n) is 2.40. The first-order valence-electron chi connectivity index (χ1n) is 6.42. The van der Waals surface area contributed by atoms with E-state index in [1.807, 2.05) is 31.3 Å². The molecular formula is C14H19BrN2O. The zero-order valence-electron chi connectivity index (χ0n) is 10.6. The normalized spacial score (nSPS) is 23.7. The summed E-state index contributed by atoms with van der Waals surface area (Å²) in [6, 6.07) is 8.42. The van der Waals surface area contributed by atoms with Gasteiger partial charge in [0, 0.05) is 22.1 Å². The molecule has 1 aliphatic carbocycles. The first-order chi connectivity index (χ1) is 8.69. The molecule has 0 aromatic heterocycles. The summed E-state index contributed by atoms with van der Waals surface area (Å²) < 4.78 is 0.994. The molecule has 4 heteroatoms. The van der Waals surface area contributed by atoms with E-state index < -0.39 is 0 Å². The Morgan fingerprint density at radius 2 is 1.67 bits per heavy atom. The van der Waals surface area contributed by atoms with E-state index in [2.05, 4.69) is 26.6 Å². The first kappa shape index (κ1) is 13.6. The molecule has 98 valence electrons. The van der Waals surface area contributed by atoms with Crippen LogP contribution in [-0.4, -0.2) is 25.0 Å². The minimum atomic E-state index is 0.0374. The second-order valence-corrected chi connectivity index (χ2v) is 5.73. The van der Waals surface area contributed by atoms with Crippen LogP contribution in [0.15, 0.2) is 28.7 Å². The third-order valence-electron chi connectivity index (χ3n) is 3.58. The van der Waals surface area contributed by atoms with Crippen molar-refractivity contribution in [1.29, 1.82) is 0 Å². The topological polar surface area (TPSA) is 41.1 Å². The molecule has 0 atom stereocenters. The van der Waals surface area contributed by atoms with Gasteiger partial charge in [0.25, 0.3) is 5.91 Å². The predicted molar refractivity (Wildman–Crippen MR) is 76.7 cm³/mol. The Kier molecular flexibility index (Phi) is 4.78. The highest BCUT2D eigenvalue weighted by Gasteiger charge is 2.21. The Morgan fingerprint density at radius 3 is 2.22 bits per heavy atom. The summed E-state index contributed by atoms with van der Waals surface area (Å²) >= 11 is 3.37. The number of amides is 1. The highest BCUT2D eigenvalue weighted by atomic mass is 79.9. The molecule has 0 saturated heterocycles. The van der Waals surface area contributed by atoms with Gasteiger partial charge >= 0.3 is 0 Å². The van der Waals surface area contributed by atoms with Gasteiger partial charge in [0.1, 0.15) is 0 Å². The Labute approximate surface area is 116 Å². The van der Waals surface area contributed by atoms with Crippen molar-refractivity contribution in [3.63, 3.8) is 0 Å². The highest BCUT2D eigenvalue weighted by Crippen LogP contribution is 2.19. The molecule has 0 radical (unpaired) electrons. The van der Waals surface area contributed by atoms with Crippen LogP contribution in [0.5, 0.6) is 0 Å². The third-order valence-corrected chi connectivity index (χ3v) is 4.11. The van der Waals surface area contributed by atoms with Crippen LogP contribution in [0.1, 0.15) is 36.0 Å². The molecule has 1 aromatic carbocycles. The van der Waals surface area contributed by atoms with Gasteiger partial charge < -0.3 is 10.6 Å². The summed E-state index contributed by atoms with van der Waals surface area (Å²) in [4.78, 5) is 12.0. The molecule has 1 aliphatic rings. The van der Waals surface area contributed by atoms with E-state index in [1.54, 1.807) is 0 Å². The summed E-state index contributed by atoms with van der Waals surface area (Å²) in [7, 11) is 2.01.